The van der Waals surface area contributed by atoms with Crippen LogP contribution in [-0.2, 0) is 0 Å². The number of phenols is 2. The first-order chi connectivity index (χ1) is 11.5. The molecule has 0 fully saturated rings. The number of ketones is 1. The van der Waals surface area contributed by atoms with Gasteiger partial charge in [-0.3, -0.25) is 4.79 Å². The summed E-state index contributed by atoms with van der Waals surface area (Å²) >= 11 is 0. The lowest BCUT2D eigenvalue weighted by Crippen LogP contribution is -1.96. The Labute approximate surface area is 139 Å². The van der Waals surface area contributed by atoms with E-state index in [1.54, 1.807) is 18.2 Å². The average molecular weight is 330 g/mol. The van der Waals surface area contributed by atoms with Crippen LogP contribution in [0, 0.1) is 0 Å². The summed E-state index contributed by atoms with van der Waals surface area (Å²) in [5.74, 6) is 0.598. The van der Waals surface area contributed by atoms with Gasteiger partial charge in [-0.2, -0.15) is 0 Å². The van der Waals surface area contributed by atoms with Gasteiger partial charge >= 0.3 is 0 Å². The van der Waals surface area contributed by atoms with E-state index < -0.39 is 5.78 Å². The third-order valence-electron chi connectivity index (χ3n) is 3.36. The van der Waals surface area contributed by atoms with E-state index in [2.05, 4.69) is 0 Å². The van der Waals surface area contributed by atoms with E-state index in [0.29, 0.717) is 22.8 Å². The first-order valence-corrected chi connectivity index (χ1v) is 7.04. The molecule has 2 rings (SSSR count). The Morgan fingerprint density at radius 1 is 0.958 bits per heavy atom. The van der Waals surface area contributed by atoms with E-state index in [1.807, 2.05) is 0 Å². The number of benzene rings is 2. The molecule has 0 unspecified atom stereocenters. The second kappa shape index (κ2) is 7.41. The SMILES string of the molecule is COc1cc(C=CC(=O)c2ccc(O)cc2O)cc(OC)c1OC. The summed E-state index contributed by atoms with van der Waals surface area (Å²) in [5, 5.41) is 19.0. The van der Waals surface area contributed by atoms with Gasteiger partial charge in [0.2, 0.25) is 5.75 Å². The minimum Gasteiger partial charge on any atom is -0.508 e. The van der Waals surface area contributed by atoms with Crippen LogP contribution in [0.3, 0.4) is 0 Å². The topological polar surface area (TPSA) is 85.2 Å². The standard InChI is InChI=1S/C18H18O6/c1-22-16-8-11(9-17(23-2)18(16)24-3)4-7-14(20)13-6-5-12(19)10-15(13)21/h4-10,19,21H,1-3H3. The molecule has 6 nitrogen and oxygen atoms in total. The normalized spacial score (nSPS) is 10.6. The minimum absolute atomic E-state index is 0.0940. The predicted octanol–water partition coefficient (Wildman–Crippen LogP) is 3.02. The van der Waals surface area contributed by atoms with E-state index in [1.165, 1.54) is 39.5 Å². The second-order valence-electron chi connectivity index (χ2n) is 4.86. The van der Waals surface area contributed by atoms with Gasteiger partial charge in [0.25, 0.3) is 0 Å². The summed E-state index contributed by atoms with van der Waals surface area (Å²) in [6.07, 6.45) is 2.88. The molecule has 2 N–H and O–H groups in total. The lowest BCUT2D eigenvalue weighted by Gasteiger charge is -2.12. The monoisotopic (exact) mass is 330 g/mol. The van der Waals surface area contributed by atoms with Crippen molar-refractivity contribution in [2.45, 2.75) is 0 Å². The molecule has 0 heterocycles. The van der Waals surface area contributed by atoms with Gasteiger partial charge in [-0.25, -0.2) is 0 Å². The molecule has 0 spiro atoms. The number of rotatable bonds is 6. The first-order valence-electron chi connectivity index (χ1n) is 7.04. The number of allylic oxidation sites excluding steroid dienone is 1. The van der Waals surface area contributed by atoms with Crippen LogP contribution in [0.2, 0.25) is 0 Å². The van der Waals surface area contributed by atoms with Crippen LogP contribution in [0.25, 0.3) is 6.08 Å². The zero-order valence-electron chi connectivity index (χ0n) is 13.6. The number of carbonyl (C=O) groups excluding carboxylic acids is 1. The third kappa shape index (κ3) is 3.60. The molecular formula is C18H18O6. The molecule has 0 radical (unpaired) electrons. The third-order valence-corrected chi connectivity index (χ3v) is 3.36. The highest BCUT2D eigenvalue weighted by Gasteiger charge is 2.13. The fourth-order valence-corrected chi connectivity index (χ4v) is 2.19. The smallest absolute Gasteiger partial charge is 0.203 e. The predicted molar refractivity (Wildman–Crippen MR) is 89.2 cm³/mol. The van der Waals surface area contributed by atoms with Crippen molar-refractivity contribution in [3.05, 3.63) is 47.5 Å². The summed E-state index contributed by atoms with van der Waals surface area (Å²) in [4.78, 5) is 12.2. The summed E-state index contributed by atoms with van der Waals surface area (Å²) in [6, 6.07) is 7.19. The van der Waals surface area contributed by atoms with E-state index in [4.69, 9.17) is 14.2 Å². The lowest BCUT2D eigenvalue weighted by molar-refractivity contribution is 0.104. The molecule has 0 bridgehead atoms. The highest BCUT2D eigenvalue weighted by atomic mass is 16.5. The molecule has 0 aliphatic rings. The fraction of sp³-hybridized carbons (Fsp3) is 0.167. The molecular weight excluding hydrogens is 312 g/mol. The number of ether oxygens (including phenoxy) is 3. The number of methoxy groups -OCH3 is 3. The summed E-state index contributed by atoms with van der Waals surface area (Å²) in [6.45, 7) is 0. The second-order valence-corrected chi connectivity index (χ2v) is 4.86. The number of hydrogen-bond acceptors (Lipinski definition) is 6. The van der Waals surface area contributed by atoms with Crippen molar-refractivity contribution in [2.75, 3.05) is 21.3 Å². The van der Waals surface area contributed by atoms with E-state index in [9.17, 15) is 15.0 Å². The highest BCUT2D eigenvalue weighted by Crippen LogP contribution is 2.38. The molecule has 0 aliphatic carbocycles. The van der Waals surface area contributed by atoms with Gasteiger partial charge < -0.3 is 24.4 Å². The Kier molecular flexibility index (Phi) is 5.31. The minimum atomic E-state index is -0.402. The van der Waals surface area contributed by atoms with Crippen molar-refractivity contribution in [3.8, 4) is 28.7 Å². The van der Waals surface area contributed by atoms with Crippen LogP contribution < -0.4 is 14.2 Å². The number of hydrogen-bond donors (Lipinski definition) is 2. The van der Waals surface area contributed by atoms with Gasteiger partial charge in [0.1, 0.15) is 11.5 Å². The summed E-state index contributed by atoms with van der Waals surface area (Å²) in [7, 11) is 4.52. The van der Waals surface area contributed by atoms with Crippen LogP contribution in [0.4, 0.5) is 0 Å². The van der Waals surface area contributed by atoms with Crippen LogP contribution >= 0.6 is 0 Å². The molecule has 126 valence electrons. The van der Waals surface area contributed by atoms with Crippen molar-refractivity contribution in [2.24, 2.45) is 0 Å². The molecule has 0 atom stereocenters. The maximum absolute atomic E-state index is 12.2. The molecule has 6 heteroatoms. The number of aromatic hydroxyl groups is 2. The lowest BCUT2D eigenvalue weighted by atomic mass is 10.1. The Bertz CT molecular complexity index is 754. The van der Waals surface area contributed by atoms with E-state index in [-0.39, 0.29) is 17.1 Å². The van der Waals surface area contributed by atoms with Gasteiger partial charge in [0, 0.05) is 6.07 Å². The highest BCUT2D eigenvalue weighted by molar-refractivity contribution is 6.08. The molecule has 0 aromatic heterocycles. The van der Waals surface area contributed by atoms with Crippen molar-refractivity contribution >= 4 is 11.9 Å². The molecule has 0 amide bonds. The Balaban J connectivity index is 2.32. The number of carbonyl (C=O) groups is 1. The largest absolute Gasteiger partial charge is 0.508 e. The van der Waals surface area contributed by atoms with E-state index in [0.717, 1.165) is 6.07 Å². The van der Waals surface area contributed by atoms with Gasteiger partial charge in [-0.15, -0.1) is 0 Å². The van der Waals surface area contributed by atoms with Gasteiger partial charge in [0.05, 0.1) is 26.9 Å². The van der Waals surface area contributed by atoms with Crippen LogP contribution in [0.15, 0.2) is 36.4 Å². The average Bonchev–Trinajstić information content (AvgIpc) is 2.58. The fourth-order valence-electron chi connectivity index (χ4n) is 2.19. The van der Waals surface area contributed by atoms with Crippen molar-refractivity contribution < 1.29 is 29.2 Å². The van der Waals surface area contributed by atoms with Crippen LogP contribution in [0.1, 0.15) is 15.9 Å². The zero-order chi connectivity index (χ0) is 17.7. The molecule has 0 saturated carbocycles. The van der Waals surface area contributed by atoms with Gasteiger partial charge in [-0.1, -0.05) is 6.08 Å². The molecule has 2 aromatic carbocycles. The first kappa shape index (κ1) is 17.2. The van der Waals surface area contributed by atoms with Crippen molar-refractivity contribution in [1.82, 2.24) is 0 Å². The van der Waals surface area contributed by atoms with Crippen LogP contribution in [0.5, 0.6) is 28.7 Å². The van der Waals surface area contributed by atoms with Crippen molar-refractivity contribution in [3.63, 3.8) is 0 Å². The molecule has 0 saturated heterocycles. The number of phenolic OH excluding ortho intramolecular Hbond substituents is 2. The van der Waals surface area contributed by atoms with Gasteiger partial charge in [0.15, 0.2) is 17.3 Å². The molecule has 2 aromatic rings. The van der Waals surface area contributed by atoms with Crippen LogP contribution in [-0.4, -0.2) is 37.3 Å². The van der Waals surface area contributed by atoms with E-state index >= 15 is 0 Å². The maximum atomic E-state index is 12.2. The molecule has 0 aliphatic heterocycles. The quantitative estimate of drug-likeness (QED) is 0.625. The van der Waals surface area contributed by atoms with Gasteiger partial charge in [-0.05, 0) is 35.9 Å². The summed E-state index contributed by atoms with van der Waals surface area (Å²) < 4.78 is 15.7. The Hall–Kier alpha value is -3.15. The Morgan fingerprint density at radius 3 is 2.08 bits per heavy atom. The molecule has 24 heavy (non-hydrogen) atoms. The summed E-state index contributed by atoms with van der Waals surface area (Å²) in [5.41, 5.74) is 0.757. The van der Waals surface area contributed by atoms with Crippen molar-refractivity contribution in [1.29, 1.82) is 0 Å². The zero-order valence-corrected chi connectivity index (χ0v) is 13.6. The Morgan fingerprint density at radius 2 is 1.58 bits per heavy atom. The maximum Gasteiger partial charge on any atom is 0.203 e.